The van der Waals surface area contributed by atoms with E-state index in [2.05, 4.69) is 19.1 Å². The minimum absolute atomic E-state index is 0.0648. The molecule has 2 aromatic rings. The van der Waals surface area contributed by atoms with Crippen molar-refractivity contribution in [3.63, 3.8) is 0 Å². The van der Waals surface area contributed by atoms with Gasteiger partial charge in [0.2, 0.25) is 0 Å². The number of phenolic OH excluding ortho intramolecular Hbond substituents is 1. The van der Waals surface area contributed by atoms with Gasteiger partial charge in [0.1, 0.15) is 5.75 Å². The Balaban J connectivity index is 2.00. The Hall–Kier alpha value is -2.35. The van der Waals surface area contributed by atoms with Crippen LogP contribution in [0.5, 0.6) is 5.75 Å². The molecule has 108 valence electrons. The number of rotatable bonds is 6. The van der Waals surface area contributed by atoms with Crippen LogP contribution in [0.2, 0.25) is 0 Å². The first-order chi connectivity index (χ1) is 10.2. The molecule has 0 fully saturated rings. The lowest BCUT2D eigenvalue weighted by Gasteiger charge is -2.00. The second-order valence-corrected chi connectivity index (χ2v) is 5.09. The van der Waals surface area contributed by atoms with Crippen LogP contribution in [0.25, 0.3) is 6.08 Å². The third-order valence-electron chi connectivity index (χ3n) is 3.38. The van der Waals surface area contributed by atoms with Crippen molar-refractivity contribution >= 4 is 11.9 Å². The molecule has 2 rings (SSSR count). The van der Waals surface area contributed by atoms with Crippen molar-refractivity contribution in [1.82, 2.24) is 0 Å². The number of hydrogen-bond acceptors (Lipinski definition) is 2. The molecular formula is C19H20O2. The number of aryl methyl sites for hydroxylation is 1. The van der Waals surface area contributed by atoms with Crippen molar-refractivity contribution < 1.29 is 9.90 Å². The van der Waals surface area contributed by atoms with E-state index in [-0.39, 0.29) is 11.5 Å². The van der Waals surface area contributed by atoms with Gasteiger partial charge in [-0.1, -0.05) is 43.7 Å². The largest absolute Gasteiger partial charge is 0.508 e. The molecule has 0 amide bonds. The molecule has 0 saturated heterocycles. The van der Waals surface area contributed by atoms with E-state index in [0.29, 0.717) is 5.56 Å². The fourth-order valence-corrected chi connectivity index (χ4v) is 2.07. The van der Waals surface area contributed by atoms with E-state index in [1.165, 1.54) is 30.5 Å². The molecule has 0 heterocycles. The zero-order valence-electron chi connectivity index (χ0n) is 12.3. The van der Waals surface area contributed by atoms with Crippen molar-refractivity contribution in [1.29, 1.82) is 0 Å². The SMILES string of the molecule is CCCCc1ccc(/C=C\C(=O)c2ccc(O)cc2)cc1. The van der Waals surface area contributed by atoms with Gasteiger partial charge in [0, 0.05) is 5.56 Å². The number of carbonyl (C=O) groups is 1. The third kappa shape index (κ3) is 4.60. The molecule has 0 saturated carbocycles. The molecule has 0 spiro atoms. The molecule has 21 heavy (non-hydrogen) atoms. The highest BCUT2D eigenvalue weighted by Gasteiger charge is 2.01. The monoisotopic (exact) mass is 280 g/mol. The summed E-state index contributed by atoms with van der Waals surface area (Å²) in [6, 6.07) is 14.6. The summed E-state index contributed by atoms with van der Waals surface area (Å²) < 4.78 is 0. The lowest BCUT2D eigenvalue weighted by atomic mass is 10.1. The zero-order chi connectivity index (χ0) is 15.1. The highest BCUT2D eigenvalue weighted by Crippen LogP contribution is 2.12. The molecule has 0 bridgehead atoms. The maximum Gasteiger partial charge on any atom is 0.185 e. The molecule has 2 aromatic carbocycles. The van der Waals surface area contributed by atoms with Gasteiger partial charge in [-0.15, -0.1) is 0 Å². The van der Waals surface area contributed by atoms with Crippen molar-refractivity contribution in [2.75, 3.05) is 0 Å². The number of ketones is 1. The summed E-state index contributed by atoms with van der Waals surface area (Å²) in [5.74, 6) is 0.100. The molecule has 2 heteroatoms. The summed E-state index contributed by atoms with van der Waals surface area (Å²) >= 11 is 0. The van der Waals surface area contributed by atoms with E-state index in [4.69, 9.17) is 0 Å². The average molecular weight is 280 g/mol. The van der Waals surface area contributed by atoms with Crippen LogP contribution in [0.4, 0.5) is 0 Å². The van der Waals surface area contributed by atoms with E-state index in [9.17, 15) is 9.90 Å². The molecule has 0 aliphatic carbocycles. The number of phenols is 1. The Bertz CT molecular complexity index is 607. The number of allylic oxidation sites excluding steroid dienone is 1. The summed E-state index contributed by atoms with van der Waals surface area (Å²) in [5.41, 5.74) is 2.92. The van der Waals surface area contributed by atoms with Crippen LogP contribution in [0.3, 0.4) is 0 Å². The van der Waals surface area contributed by atoms with Gasteiger partial charge >= 0.3 is 0 Å². The smallest absolute Gasteiger partial charge is 0.185 e. The maximum absolute atomic E-state index is 12.0. The van der Waals surface area contributed by atoms with Gasteiger partial charge in [-0.3, -0.25) is 4.79 Å². The van der Waals surface area contributed by atoms with Gasteiger partial charge in [-0.05, 0) is 54.3 Å². The Labute approximate surface area is 125 Å². The maximum atomic E-state index is 12.0. The van der Waals surface area contributed by atoms with Gasteiger partial charge in [0.05, 0.1) is 0 Å². The number of benzene rings is 2. The lowest BCUT2D eigenvalue weighted by molar-refractivity contribution is 0.104. The lowest BCUT2D eigenvalue weighted by Crippen LogP contribution is -1.93. The summed E-state index contributed by atoms with van der Waals surface area (Å²) in [6.45, 7) is 2.19. The molecule has 0 aromatic heterocycles. The molecular weight excluding hydrogens is 260 g/mol. The van der Waals surface area contributed by atoms with Gasteiger partial charge in [0.15, 0.2) is 5.78 Å². The predicted octanol–water partition coefficient (Wildman–Crippen LogP) is 4.63. The van der Waals surface area contributed by atoms with Crippen molar-refractivity contribution in [2.45, 2.75) is 26.2 Å². The topological polar surface area (TPSA) is 37.3 Å². The normalized spacial score (nSPS) is 10.9. The predicted molar refractivity (Wildman–Crippen MR) is 86.5 cm³/mol. The molecule has 1 N–H and O–H groups in total. The second kappa shape index (κ2) is 7.44. The van der Waals surface area contributed by atoms with E-state index in [0.717, 1.165) is 12.0 Å². The second-order valence-electron chi connectivity index (χ2n) is 5.09. The van der Waals surface area contributed by atoms with Crippen molar-refractivity contribution in [2.24, 2.45) is 0 Å². The van der Waals surface area contributed by atoms with Crippen LogP contribution >= 0.6 is 0 Å². The number of unbranched alkanes of at least 4 members (excludes halogenated alkanes) is 1. The number of aromatic hydroxyl groups is 1. The minimum Gasteiger partial charge on any atom is -0.508 e. The van der Waals surface area contributed by atoms with Crippen LogP contribution < -0.4 is 0 Å². The highest BCUT2D eigenvalue weighted by molar-refractivity contribution is 6.06. The first-order valence-corrected chi connectivity index (χ1v) is 7.29. The Morgan fingerprint density at radius 2 is 1.71 bits per heavy atom. The van der Waals surface area contributed by atoms with Gasteiger partial charge in [-0.25, -0.2) is 0 Å². The van der Waals surface area contributed by atoms with Gasteiger partial charge < -0.3 is 5.11 Å². The van der Waals surface area contributed by atoms with Crippen LogP contribution in [0.15, 0.2) is 54.6 Å². The Morgan fingerprint density at radius 3 is 2.33 bits per heavy atom. The summed E-state index contributed by atoms with van der Waals surface area (Å²) in [4.78, 5) is 12.0. The summed E-state index contributed by atoms with van der Waals surface area (Å²) in [6.07, 6.45) is 6.89. The zero-order valence-corrected chi connectivity index (χ0v) is 12.3. The molecule has 0 aliphatic heterocycles. The van der Waals surface area contributed by atoms with E-state index in [1.54, 1.807) is 18.2 Å². The third-order valence-corrected chi connectivity index (χ3v) is 3.38. The van der Waals surface area contributed by atoms with Crippen LogP contribution in [0.1, 0.15) is 41.3 Å². The molecule has 2 nitrogen and oxygen atoms in total. The van der Waals surface area contributed by atoms with E-state index >= 15 is 0 Å². The van der Waals surface area contributed by atoms with Crippen LogP contribution in [-0.2, 0) is 6.42 Å². The molecule has 0 unspecified atom stereocenters. The first kappa shape index (κ1) is 15.0. The van der Waals surface area contributed by atoms with Gasteiger partial charge in [-0.2, -0.15) is 0 Å². The fraction of sp³-hybridized carbons (Fsp3) is 0.211. The number of hydrogen-bond donors (Lipinski definition) is 1. The Kier molecular flexibility index (Phi) is 5.33. The highest BCUT2D eigenvalue weighted by atomic mass is 16.3. The average Bonchev–Trinajstić information content (AvgIpc) is 2.52. The standard InChI is InChI=1S/C19H20O2/c1-2-3-4-15-5-7-16(8-6-15)9-14-19(21)17-10-12-18(20)13-11-17/h5-14,20H,2-4H2,1H3/b14-9-. The van der Waals surface area contributed by atoms with E-state index < -0.39 is 0 Å². The van der Waals surface area contributed by atoms with Gasteiger partial charge in [0.25, 0.3) is 0 Å². The minimum atomic E-state index is -0.0648. The van der Waals surface area contributed by atoms with Crippen LogP contribution in [0, 0.1) is 0 Å². The molecule has 0 aliphatic rings. The first-order valence-electron chi connectivity index (χ1n) is 7.29. The van der Waals surface area contributed by atoms with Crippen molar-refractivity contribution in [3.8, 4) is 5.75 Å². The van der Waals surface area contributed by atoms with Crippen LogP contribution in [-0.4, -0.2) is 10.9 Å². The summed E-state index contributed by atoms with van der Waals surface area (Å²) in [7, 11) is 0. The van der Waals surface area contributed by atoms with Crippen molar-refractivity contribution in [3.05, 3.63) is 71.3 Å². The fourth-order valence-electron chi connectivity index (χ4n) is 2.07. The number of carbonyl (C=O) groups excluding carboxylic acids is 1. The molecule has 0 atom stereocenters. The summed E-state index contributed by atoms with van der Waals surface area (Å²) in [5, 5.41) is 9.20. The van der Waals surface area contributed by atoms with E-state index in [1.807, 2.05) is 18.2 Å². The quantitative estimate of drug-likeness (QED) is 0.618. The Morgan fingerprint density at radius 1 is 1.05 bits per heavy atom. The molecule has 0 radical (unpaired) electrons.